The lowest BCUT2D eigenvalue weighted by Crippen LogP contribution is -2.74. The lowest BCUT2D eigenvalue weighted by Gasteiger charge is -2.34. The first-order valence-corrected chi connectivity index (χ1v) is 27.8. The molecule has 0 saturated carbocycles. The van der Waals surface area contributed by atoms with E-state index in [1.165, 1.54) is 87.1 Å². The SMILES string of the molecule is c1ccc([Si](c2ccccc2)(c2ccccc2)c2cccc(-c3cccc(-c4cccc(-c5cccc(-c6cccc(-c7ccc8oc9ccc(-n%10c%11ccccc%11c%11ccccc%11%10)cc9c8c7)c6)c5)c4)c3)c2)cc1. The van der Waals surface area contributed by atoms with E-state index in [0.717, 1.165) is 38.8 Å². The number of fused-ring (bicyclic) bond motifs is 6. The standard InChI is InChI=1S/C72H49NOSi/c1-4-28-61(29-5-1)75(62-30-6-2-7-31-62,63-32-8-3-9-33-63)64-34-18-27-58(47-64)56-25-16-23-54(45-56)52-21-14-19-50(43-52)51-20-15-22-53(44-51)55-24-17-26-57(46-55)59-39-41-71-67(48-59)68-49-60(40-42-72(68)74-71)73-69-37-12-10-35-65(69)66-36-11-13-38-70(66)73/h1-49H. The second kappa shape index (κ2) is 18.5. The van der Waals surface area contributed by atoms with E-state index in [1.807, 2.05) is 0 Å². The zero-order valence-corrected chi connectivity index (χ0v) is 42.1. The summed E-state index contributed by atoms with van der Waals surface area (Å²) in [4.78, 5) is 0. The molecule has 0 N–H and O–H groups in total. The Morgan fingerprint density at radius 3 is 1.00 bits per heavy atom. The highest BCUT2D eigenvalue weighted by atomic mass is 28.3. The summed E-state index contributed by atoms with van der Waals surface area (Å²) < 4.78 is 8.82. The van der Waals surface area contributed by atoms with Gasteiger partial charge in [-0.05, 0) is 143 Å². The van der Waals surface area contributed by atoms with Crippen LogP contribution in [0.15, 0.2) is 302 Å². The maximum absolute atomic E-state index is 6.45. The summed E-state index contributed by atoms with van der Waals surface area (Å²) in [5.74, 6) is 0. The summed E-state index contributed by atoms with van der Waals surface area (Å²) in [5.41, 5.74) is 17.1. The number of aromatic nitrogens is 1. The smallest absolute Gasteiger partial charge is 0.179 e. The fourth-order valence-corrected chi connectivity index (χ4v) is 16.6. The molecule has 75 heavy (non-hydrogen) atoms. The number of para-hydroxylation sites is 2. The molecule has 2 heterocycles. The van der Waals surface area contributed by atoms with E-state index in [0.29, 0.717) is 0 Å². The molecule has 12 aromatic carbocycles. The number of hydrogen-bond donors (Lipinski definition) is 0. The number of hydrogen-bond acceptors (Lipinski definition) is 1. The van der Waals surface area contributed by atoms with Crippen LogP contribution in [0.4, 0.5) is 0 Å². The van der Waals surface area contributed by atoms with Gasteiger partial charge in [-0.1, -0.05) is 231 Å². The minimum atomic E-state index is -2.68. The van der Waals surface area contributed by atoms with Crippen LogP contribution in [0.5, 0.6) is 0 Å². The summed E-state index contributed by atoms with van der Waals surface area (Å²) in [5, 5.41) is 10.2. The van der Waals surface area contributed by atoms with Gasteiger partial charge in [-0.3, -0.25) is 0 Å². The maximum atomic E-state index is 6.45. The number of benzene rings is 12. The van der Waals surface area contributed by atoms with Crippen LogP contribution >= 0.6 is 0 Å². The molecule has 0 atom stereocenters. The van der Waals surface area contributed by atoms with E-state index < -0.39 is 8.07 Å². The zero-order chi connectivity index (χ0) is 49.7. The first kappa shape index (κ1) is 44.2. The minimum absolute atomic E-state index is 0.883. The Hall–Kier alpha value is -9.54. The second-order valence-corrected chi connectivity index (χ2v) is 23.4. The lowest BCUT2D eigenvalue weighted by atomic mass is 9.94. The molecule has 2 nitrogen and oxygen atoms in total. The van der Waals surface area contributed by atoms with E-state index in [-0.39, 0.29) is 0 Å². The van der Waals surface area contributed by atoms with Gasteiger partial charge in [0.15, 0.2) is 8.07 Å². The Bertz CT molecular complexity index is 4270. The molecule has 0 aliphatic heterocycles. The van der Waals surface area contributed by atoms with Crippen LogP contribution in [0, 0.1) is 0 Å². The van der Waals surface area contributed by atoms with Crippen molar-refractivity contribution in [2.75, 3.05) is 0 Å². The zero-order valence-electron chi connectivity index (χ0n) is 41.1. The van der Waals surface area contributed by atoms with Crippen LogP contribution in [0.1, 0.15) is 0 Å². The van der Waals surface area contributed by atoms with Crippen molar-refractivity contribution >= 4 is 72.6 Å². The van der Waals surface area contributed by atoms with Gasteiger partial charge in [-0.15, -0.1) is 0 Å². The van der Waals surface area contributed by atoms with E-state index in [4.69, 9.17) is 4.42 Å². The first-order chi connectivity index (χ1) is 37.2. The third kappa shape index (κ3) is 7.72. The Kier molecular flexibility index (Phi) is 10.9. The van der Waals surface area contributed by atoms with Crippen molar-refractivity contribution < 1.29 is 4.42 Å². The van der Waals surface area contributed by atoms with Gasteiger partial charge in [0.05, 0.1) is 11.0 Å². The largest absolute Gasteiger partial charge is 0.456 e. The van der Waals surface area contributed by atoms with Crippen LogP contribution < -0.4 is 20.7 Å². The fourth-order valence-electron chi connectivity index (χ4n) is 11.8. The molecule has 0 radical (unpaired) electrons. The summed E-state index contributed by atoms with van der Waals surface area (Å²) in [6.45, 7) is 0. The highest BCUT2D eigenvalue weighted by Crippen LogP contribution is 2.38. The van der Waals surface area contributed by atoms with Gasteiger partial charge >= 0.3 is 0 Å². The van der Waals surface area contributed by atoms with E-state index in [1.54, 1.807) is 0 Å². The van der Waals surface area contributed by atoms with Crippen LogP contribution in [0.3, 0.4) is 0 Å². The van der Waals surface area contributed by atoms with Crippen LogP contribution in [0.25, 0.3) is 105 Å². The Labute approximate surface area is 437 Å². The van der Waals surface area contributed by atoms with E-state index in [2.05, 4.69) is 302 Å². The van der Waals surface area contributed by atoms with Crippen molar-refractivity contribution in [3.8, 4) is 61.3 Å². The molecular formula is C72H49NOSi. The lowest BCUT2D eigenvalue weighted by molar-refractivity contribution is 0.669. The predicted octanol–water partition coefficient (Wildman–Crippen LogP) is 16.4. The van der Waals surface area contributed by atoms with Gasteiger partial charge in [0.25, 0.3) is 0 Å². The molecule has 0 amide bonds. The van der Waals surface area contributed by atoms with Crippen molar-refractivity contribution in [1.82, 2.24) is 4.57 Å². The van der Waals surface area contributed by atoms with Gasteiger partial charge in [-0.2, -0.15) is 0 Å². The van der Waals surface area contributed by atoms with Crippen molar-refractivity contribution in [3.63, 3.8) is 0 Å². The molecule has 352 valence electrons. The third-order valence-electron chi connectivity index (χ3n) is 15.3. The summed E-state index contributed by atoms with van der Waals surface area (Å²) in [7, 11) is -2.68. The third-order valence-corrected chi connectivity index (χ3v) is 20.1. The van der Waals surface area contributed by atoms with Crippen LogP contribution in [-0.2, 0) is 0 Å². The van der Waals surface area contributed by atoms with Crippen molar-refractivity contribution in [3.05, 3.63) is 297 Å². The second-order valence-electron chi connectivity index (χ2n) is 19.6. The summed E-state index contributed by atoms with van der Waals surface area (Å²) in [6.07, 6.45) is 0. The Morgan fingerprint density at radius 1 is 0.227 bits per heavy atom. The Balaban J connectivity index is 0.776. The molecule has 14 rings (SSSR count). The average molecular weight is 972 g/mol. The van der Waals surface area contributed by atoms with Gasteiger partial charge in [0, 0.05) is 27.2 Å². The summed E-state index contributed by atoms with van der Waals surface area (Å²) in [6, 6.07) is 109. The van der Waals surface area contributed by atoms with Gasteiger partial charge in [-0.25, -0.2) is 0 Å². The molecule has 14 aromatic rings. The molecule has 0 fully saturated rings. The monoisotopic (exact) mass is 971 g/mol. The molecule has 0 aliphatic carbocycles. The number of furan rings is 1. The topological polar surface area (TPSA) is 18.1 Å². The van der Waals surface area contributed by atoms with Crippen molar-refractivity contribution in [2.45, 2.75) is 0 Å². The highest BCUT2D eigenvalue weighted by Gasteiger charge is 2.41. The molecular weight excluding hydrogens is 923 g/mol. The fraction of sp³-hybridized carbons (Fsp3) is 0. The maximum Gasteiger partial charge on any atom is 0.179 e. The number of rotatable bonds is 10. The van der Waals surface area contributed by atoms with Gasteiger partial charge in [0.2, 0.25) is 0 Å². The van der Waals surface area contributed by atoms with Gasteiger partial charge in [0.1, 0.15) is 11.2 Å². The molecule has 3 heteroatoms. The molecule has 0 unspecified atom stereocenters. The predicted molar refractivity (Wildman–Crippen MR) is 319 cm³/mol. The van der Waals surface area contributed by atoms with E-state index in [9.17, 15) is 0 Å². The van der Waals surface area contributed by atoms with Crippen LogP contribution in [0.2, 0.25) is 0 Å². The molecule has 0 spiro atoms. The first-order valence-electron chi connectivity index (χ1n) is 25.8. The van der Waals surface area contributed by atoms with E-state index >= 15 is 0 Å². The molecule has 2 aromatic heterocycles. The Morgan fingerprint density at radius 2 is 0.560 bits per heavy atom. The number of nitrogens with zero attached hydrogens (tertiary/aromatic N) is 1. The molecule has 0 bridgehead atoms. The quantitative estimate of drug-likeness (QED) is 0.0986. The van der Waals surface area contributed by atoms with Crippen LogP contribution in [-0.4, -0.2) is 12.6 Å². The van der Waals surface area contributed by atoms with Crippen molar-refractivity contribution in [2.24, 2.45) is 0 Å². The molecule has 0 aliphatic rings. The highest BCUT2D eigenvalue weighted by molar-refractivity contribution is 7.19. The normalized spacial score (nSPS) is 11.7. The van der Waals surface area contributed by atoms with Gasteiger partial charge < -0.3 is 8.98 Å². The van der Waals surface area contributed by atoms with Crippen molar-refractivity contribution in [1.29, 1.82) is 0 Å². The molecule has 0 saturated heterocycles. The average Bonchev–Trinajstić information content (AvgIpc) is 4.05. The summed E-state index contributed by atoms with van der Waals surface area (Å²) >= 11 is 0. The minimum Gasteiger partial charge on any atom is -0.456 e.